The lowest BCUT2D eigenvalue weighted by molar-refractivity contribution is 0.0698. The second-order valence-corrected chi connectivity index (χ2v) is 7.92. The van der Waals surface area contributed by atoms with Gasteiger partial charge >= 0.3 is 5.97 Å². The Balaban J connectivity index is 1.52. The van der Waals surface area contributed by atoms with E-state index in [9.17, 15) is 9.90 Å². The second kappa shape index (κ2) is 9.14. The Kier molecular flexibility index (Phi) is 5.73. The molecule has 0 spiro atoms. The minimum absolute atomic E-state index is 0.237. The molecule has 9 heteroatoms. The Morgan fingerprint density at radius 2 is 1.82 bits per heavy atom. The van der Waals surface area contributed by atoms with Crippen LogP contribution in [0.1, 0.15) is 29.3 Å². The molecule has 0 aliphatic carbocycles. The molecular weight excluding hydrogens is 430 g/mol. The molecule has 5 aromatic rings. The number of imidazole rings is 1. The number of nitrogens with zero attached hydrogens (tertiary/aromatic N) is 5. The van der Waals surface area contributed by atoms with Crippen molar-refractivity contribution in [3.63, 3.8) is 0 Å². The minimum atomic E-state index is -0.970. The van der Waals surface area contributed by atoms with E-state index in [4.69, 9.17) is 0 Å². The molecule has 0 fully saturated rings. The summed E-state index contributed by atoms with van der Waals surface area (Å²) in [6.45, 7) is 3.31. The second-order valence-electron chi connectivity index (χ2n) is 7.92. The summed E-state index contributed by atoms with van der Waals surface area (Å²) in [4.78, 5) is 16.6. The van der Waals surface area contributed by atoms with E-state index in [0.717, 1.165) is 35.2 Å². The van der Waals surface area contributed by atoms with Gasteiger partial charge in [-0.25, -0.2) is 14.9 Å². The fourth-order valence-corrected chi connectivity index (χ4v) is 4.07. The molecule has 0 aliphatic rings. The van der Waals surface area contributed by atoms with E-state index in [-0.39, 0.29) is 5.56 Å². The van der Waals surface area contributed by atoms with Crippen LogP contribution in [-0.2, 0) is 6.54 Å². The Labute approximate surface area is 195 Å². The van der Waals surface area contributed by atoms with Crippen molar-refractivity contribution in [1.29, 1.82) is 0 Å². The number of fused-ring (bicyclic) bond motifs is 1. The highest BCUT2D eigenvalue weighted by Crippen LogP contribution is 2.30. The predicted molar refractivity (Wildman–Crippen MR) is 130 cm³/mol. The zero-order valence-electron chi connectivity index (χ0n) is 18.6. The molecule has 3 aromatic carbocycles. The topological polar surface area (TPSA) is 122 Å². The lowest BCUT2D eigenvalue weighted by Gasteiger charge is -2.13. The summed E-state index contributed by atoms with van der Waals surface area (Å²) in [5, 5.41) is 27.3. The van der Waals surface area contributed by atoms with Crippen molar-refractivity contribution in [3.05, 3.63) is 77.9 Å². The van der Waals surface area contributed by atoms with Crippen molar-refractivity contribution >= 4 is 23.0 Å². The van der Waals surface area contributed by atoms with E-state index in [1.165, 1.54) is 0 Å². The van der Waals surface area contributed by atoms with Crippen LogP contribution in [0.2, 0.25) is 0 Å². The van der Waals surface area contributed by atoms with Gasteiger partial charge in [-0.3, -0.25) is 0 Å². The zero-order chi connectivity index (χ0) is 23.5. The van der Waals surface area contributed by atoms with E-state index in [0.29, 0.717) is 29.4 Å². The third kappa shape index (κ3) is 3.99. The van der Waals surface area contributed by atoms with Gasteiger partial charge in [-0.1, -0.05) is 61.5 Å². The number of carboxylic acids is 1. The molecule has 0 unspecified atom stereocenters. The standard InChI is InChI=1S/C25H23N7O2/c1-2-14-26-25-27-21-9-5-8-20(24(33)34)22(21)32(25)15-16-10-12-17(13-11-16)18-6-3-4-7-19(18)23-28-30-31-29-23/h3-13H,2,14-15H2,1H3,(H,26,27)(H,33,34)(H,28,29,30,31). The molecule has 0 aliphatic heterocycles. The minimum Gasteiger partial charge on any atom is -0.478 e. The van der Waals surface area contributed by atoms with Crippen LogP contribution in [0.15, 0.2) is 66.7 Å². The molecule has 2 heterocycles. The summed E-state index contributed by atoms with van der Waals surface area (Å²) in [6, 6.07) is 21.3. The number of carbonyl (C=O) groups is 1. The molecule has 0 atom stereocenters. The van der Waals surface area contributed by atoms with Gasteiger partial charge in [-0.05, 0) is 45.7 Å². The SMILES string of the molecule is CCCNc1nc2cccc(C(=O)O)c2n1Cc1ccc(-c2ccccc2-c2nnn[nH]2)cc1. The van der Waals surface area contributed by atoms with E-state index in [1.54, 1.807) is 12.1 Å². The van der Waals surface area contributed by atoms with Crippen molar-refractivity contribution < 1.29 is 9.90 Å². The highest BCUT2D eigenvalue weighted by Gasteiger charge is 2.18. The lowest BCUT2D eigenvalue weighted by atomic mass is 9.98. The Bertz CT molecular complexity index is 1440. The van der Waals surface area contributed by atoms with Crippen molar-refractivity contribution in [2.45, 2.75) is 19.9 Å². The number of aromatic amines is 1. The number of benzene rings is 3. The normalized spacial score (nSPS) is 11.1. The molecule has 5 rings (SSSR count). The van der Waals surface area contributed by atoms with Crippen molar-refractivity contribution in [2.24, 2.45) is 0 Å². The van der Waals surface area contributed by atoms with Gasteiger partial charge < -0.3 is 15.0 Å². The van der Waals surface area contributed by atoms with Crippen molar-refractivity contribution in [2.75, 3.05) is 11.9 Å². The van der Waals surface area contributed by atoms with Crippen LogP contribution in [-0.4, -0.2) is 47.8 Å². The number of H-pyrrole nitrogens is 1. The number of rotatable bonds is 8. The van der Waals surface area contributed by atoms with Crippen LogP contribution >= 0.6 is 0 Å². The van der Waals surface area contributed by atoms with Crippen LogP contribution in [0.4, 0.5) is 5.95 Å². The molecule has 0 saturated carbocycles. The first kappa shape index (κ1) is 21.3. The summed E-state index contributed by atoms with van der Waals surface area (Å²) in [5.41, 5.74) is 5.49. The zero-order valence-corrected chi connectivity index (χ0v) is 18.6. The van der Waals surface area contributed by atoms with Crippen molar-refractivity contribution in [3.8, 4) is 22.5 Å². The monoisotopic (exact) mass is 453 g/mol. The number of nitrogens with one attached hydrogen (secondary N) is 2. The lowest BCUT2D eigenvalue weighted by Crippen LogP contribution is -2.10. The number of hydrogen-bond donors (Lipinski definition) is 3. The van der Waals surface area contributed by atoms with Gasteiger partial charge in [0, 0.05) is 12.1 Å². The molecule has 0 saturated heterocycles. The fourth-order valence-electron chi connectivity index (χ4n) is 4.07. The van der Waals surface area contributed by atoms with Crippen LogP contribution in [0.5, 0.6) is 0 Å². The molecule has 2 aromatic heterocycles. The first-order chi connectivity index (χ1) is 16.7. The number of carboxylic acid groups (broad SMARTS) is 1. The maximum absolute atomic E-state index is 11.9. The predicted octanol–water partition coefficient (Wildman–Crippen LogP) is 4.45. The van der Waals surface area contributed by atoms with Gasteiger partial charge in [-0.2, -0.15) is 0 Å². The summed E-state index contributed by atoms with van der Waals surface area (Å²) in [6.07, 6.45) is 0.934. The largest absolute Gasteiger partial charge is 0.478 e. The highest BCUT2D eigenvalue weighted by atomic mass is 16.4. The molecule has 3 N–H and O–H groups in total. The van der Waals surface area contributed by atoms with Gasteiger partial charge in [-0.15, -0.1) is 5.10 Å². The fraction of sp³-hybridized carbons (Fsp3) is 0.160. The molecule has 0 bridgehead atoms. The number of aromatic nitrogens is 6. The summed E-state index contributed by atoms with van der Waals surface area (Å²) < 4.78 is 1.94. The number of tetrazole rings is 1. The first-order valence-electron chi connectivity index (χ1n) is 11.0. The quantitative estimate of drug-likeness (QED) is 0.317. The van der Waals surface area contributed by atoms with Gasteiger partial charge in [0.15, 0.2) is 5.82 Å². The van der Waals surface area contributed by atoms with Crippen LogP contribution in [0.25, 0.3) is 33.5 Å². The summed E-state index contributed by atoms with van der Waals surface area (Å²) >= 11 is 0. The van der Waals surface area contributed by atoms with E-state index in [1.807, 2.05) is 59.2 Å². The Hall–Kier alpha value is -4.53. The van der Waals surface area contributed by atoms with E-state index >= 15 is 0 Å². The van der Waals surface area contributed by atoms with Gasteiger partial charge in [0.25, 0.3) is 0 Å². The smallest absolute Gasteiger partial charge is 0.337 e. The number of anilines is 1. The maximum atomic E-state index is 11.9. The third-order valence-corrected chi connectivity index (χ3v) is 5.66. The maximum Gasteiger partial charge on any atom is 0.337 e. The summed E-state index contributed by atoms with van der Waals surface area (Å²) in [5.74, 6) is 0.304. The number of para-hydroxylation sites is 1. The number of aromatic carboxylic acids is 1. The van der Waals surface area contributed by atoms with E-state index in [2.05, 4.69) is 37.8 Å². The summed E-state index contributed by atoms with van der Waals surface area (Å²) in [7, 11) is 0. The highest BCUT2D eigenvalue weighted by molar-refractivity contribution is 6.02. The first-order valence-corrected chi connectivity index (χ1v) is 11.0. The molecule has 170 valence electrons. The van der Waals surface area contributed by atoms with Gasteiger partial charge in [0.05, 0.1) is 23.1 Å². The Morgan fingerprint density at radius 3 is 2.53 bits per heavy atom. The average molecular weight is 454 g/mol. The molecule has 0 amide bonds. The molecule has 0 radical (unpaired) electrons. The molecule has 34 heavy (non-hydrogen) atoms. The van der Waals surface area contributed by atoms with Gasteiger partial charge in [0.2, 0.25) is 5.95 Å². The van der Waals surface area contributed by atoms with Crippen LogP contribution < -0.4 is 5.32 Å². The van der Waals surface area contributed by atoms with E-state index < -0.39 is 5.97 Å². The molecular formula is C25H23N7O2. The van der Waals surface area contributed by atoms with Crippen molar-refractivity contribution in [1.82, 2.24) is 30.2 Å². The Morgan fingerprint density at radius 1 is 1.03 bits per heavy atom. The molecule has 9 nitrogen and oxygen atoms in total. The third-order valence-electron chi connectivity index (χ3n) is 5.66. The average Bonchev–Trinajstić information content (AvgIpc) is 3.52. The van der Waals surface area contributed by atoms with Gasteiger partial charge in [0.1, 0.15) is 0 Å². The van der Waals surface area contributed by atoms with Crippen LogP contribution in [0, 0.1) is 0 Å². The number of hydrogen-bond acceptors (Lipinski definition) is 6. The van der Waals surface area contributed by atoms with Crippen LogP contribution in [0.3, 0.4) is 0 Å².